The first-order valence-corrected chi connectivity index (χ1v) is 5.85. The highest BCUT2D eigenvalue weighted by atomic mass is 19.4. The molecular weight excluding hydrogens is 269 g/mol. The molecule has 0 fully saturated rings. The lowest BCUT2D eigenvalue weighted by Gasteiger charge is -2.12. The standard InChI is InChI=1S/C14H13F3N2O/c1-4-20-13-11(14(15,16)17)8-18-19(13)12-6-5-9(2)7-10(12)3/h4-8H,1H2,2-3H3. The molecule has 0 radical (unpaired) electrons. The van der Waals surface area contributed by atoms with E-state index in [2.05, 4.69) is 11.7 Å². The molecule has 1 heterocycles. The summed E-state index contributed by atoms with van der Waals surface area (Å²) in [5.41, 5.74) is 1.41. The first kappa shape index (κ1) is 14.2. The monoisotopic (exact) mass is 282 g/mol. The Kier molecular flexibility index (Phi) is 3.57. The van der Waals surface area contributed by atoms with E-state index >= 15 is 0 Å². The van der Waals surface area contributed by atoms with Crippen molar-refractivity contribution in [2.45, 2.75) is 20.0 Å². The minimum absolute atomic E-state index is 0.389. The highest BCUT2D eigenvalue weighted by molar-refractivity contribution is 5.46. The van der Waals surface area contributed by atoms with E-state index in [1.54, 1.807) is 19.1 Å². The van der Waals surface area contributed by atoms with Gasteiger partial charge in [-0.25, -0.2) is 0 Å². The Hall–Kier alpha value is -2.24. The van der Waals surface area contributed by atoms with Crippen LogP contribution in [0.2, 0.25) is 0 Å². The summed E-state index contributed by atoms with van der Waals surface area (Å²) in [6, 6.07) is 5.37. The summed E-state index contributed by atoms with van der Waals surface area (Å²) in [6.07, 6.45) is -2.83. The minimum Gasteiger partial charge on any atom is -0.447 e. The van der Waals surface area contributed by atoms with Gasteiger partial charge in [0.05, 0.1) is 18.1 Å². The number of hydrogen-bond acceptors (Lipinski definition) is 2. The average molecular weight is 282 g/mol. The number of ether oxygens (including phenoxy) is 1. The van der Waals surface area contributed by atoms with Crippen LogP contribution in [-0.4, -0.2) is 9.78 Å². The fourth-order valence-electron chi connectivity index (χ4n) is 1.94. The summed E-state index contributed by atoms with van der Waals surface area (Å²) >= 11 is 0. The topological polar surface area (TPSA) is 27.1 Å². The molecular formula is C14H13F3N2O. The van der Waals surface area contributed by atoms with Crippen molar-refractivity contribution in [2.24, 2.45) is 0 Å². The van der Waals surface area contributed by atoms with Gasteiger partial charge < -0.3 is 4.74 Å². The van der Waals surface area contributed by atoms with E-state index in [4.69, 9.17) is 4.74 Å². The van der Waals surface area contributed by atoms with Crippen molar-refractivity contribution in [3.05, 3.63) is 53.9 Å². The van der Waals surface area contributed by atoms with Crippen LogP contribution in [0.15, 0.2) is 37.2 Å². The van der Waals surface area contributed by atoms with Gasteiger partial charge in [0.1, 0.15) is 5.56 Å². The van der Waals surface area contributed by atoms with Crippen molar-refractivity contribution >= 4 is 0 Å². The van der Waals surface area contributed by atoms with Crippen LogP contribution in [0.4, 0.5) is 13.2 Å². The molecule has 0 aliphatic heterocycles. The highest BCUT2D eigenvalue weighted by Gasteiger charge is 2.37. The Balaban J connectivity index is 2.62. The number of hydrogen-bond donors (Lipinski definition) is 0. The maximum absolute atomic E-state index is 12.9. The molecule has 0 saturated carbocycles. The van der Waals surface area contributed by atoms with Crippen molar-refractivity contribution < 1.29 is 17.9 Å². The second-order valence-corrected chi connectivity index (χ2v) is 4.35. The van der Waals surface area contributed by atoms with Crippen LogP contribution in [0.5, 0.6) is 5.88 Å². The fourth-order valence-corrected chi connectivity index (χ4v) is 1.94. The van der Waals surface area contributed by atoms with Gasteiger partial charge in [0.25, 0.3) is 0 Å². The molecule has 1 aromatic heterocycles. The predicted molar refractivity (Wildman–Crippen MR) is 68.9 cm³/mol. The zero-order chi connectivity index (χ0) is 14.9. The third-order valence-corrected chi connectivity index (χ3v) is 2.81. The van der Waals surface area contributed by atoms with E-state index < -0.39 is 11.7 Å². The van der Waals surface area contributed by atoms with Gasteiger partial charge in [0.2, 0.25) is 5.88 Å². The Bertz CT molecular complexity index is 644. The first-order valence-electron chi connectivity index (χ1n) is 5.85. The van der Waals surface area contributed by atoms with Crippen LogP contribution in [0.3, 0.4) is 0 Å². The maximum Gasteiger partial charge on any atom is 0.423 e. The molecule has 20 heavy (non-hydrogen) atoms. The van der Waals surface area contributed by atoms with E-state index in [9.17, 15) is 13.2 Å². The van der Waals surface area contributed by atoms with Gasteiger partial charge in [-0.05, 0) is 25.5 Å². The molecule has 0 atom stereocenters. The Labute approximate surface area is 114 Å². The summed E-state index contributed by atoms with van der Waals surface area (Å²) in [6.45, 7) is 7.00. The SMILES string of the molecule is C=COc1c(C(F)(F)F)cnn1-c1ccc(C)cc1C. The smallest absolute Gasteiger partial charge is 0.423 e. The highest BCUT2D eigenvalue weighted by Crippen LogP contribution is 2.37. The summed E-state index contributed by atoms with van der Waals surface area (Å²) in [7, 11) is 0. The zero-order valence-electron chi connectivity index (χ0n) is 11.0. The maximum atomic E-state index is 12.9. The van der Waals surface area contributed by atoms with Crippen LogP contribution in [-0.2, 0) is 6.18 Å². The van der Waals surface area contributed by atoms with E-state index in [1.165, 1.54) is 0 Å². The van der Waals surface area contributed by atoms with Gasteiger partial charge in [-0.2, -0.15) is 23.0 Å². The van der Waals surface area contributed by atoms with Crippen LogP contribution in [0.1, 0.15) is 16.7 Å². The summed E-state index contributed by atoms with van der Waals surface area (Å²) in [5.74, 6) is -0.389. The van der Waals surface area contributed by atoms with E-state index in [0.717, 1.165) is 28.3 Å². The lowest BCUT2D eigenvalue weighted by molar-refractivity contribution is -0.138. The molecule has 0 amide bonds. The molecule has 0 aliphatic rings. The Morgan fingerprint density at radius 3 is 2.55 bits per heavy atom. The quantitative estimate of drug-likeness (QED) is 0.795. The average Bonchev–Trinajstić information content (AvgIpc) is 2.73. The van der Waals surface area contributed by atoms with Gasteiger partial charge in [-0.3, -0.25) is 0 Å². The molecule has 1 aromatic carbocycles. The van der Waals surface area contributed by atoms with Crippen LogP contribution >= 0.6 is 0 Å². The molecule has 2 aromatic rings. The van der Waals surface area contributed by atoms with E-state index in [-0.39, 0.29) is 5.88 Å². The van der Waals surface area contributed by atoms with Gasteiger partial charge in [-0.1, -0.05) is 24.3 Å². The first-order chi connectivity index (χ1) is 9.34. The van der Waals surface area contributed by atoms with Crippen molar-refractivity contribution in [1.82, 2.24) is 9.78 Å². The Morgan fingerprint density at radius 2 is 2.00 bits per heavy atom. The van der Waals surface area contributed by atoms with E-state index in [1.807, 2.05) is 13.0 Å². The Morgan fingerprint density at radius 1 is 1.30 bits per heavy atom. The number of aromatic nitrogens is 2. The number of rotatable bonds is 3. The van der Waals surface area contributed by atoms with Crippen molar-refractivity contribution in [1.29, 1.82) is 0 Å². The van der Waals surface area contributed by atoms with Gasteiger partial charge in [0.15, 0.2) is 0 Å². The number of alkyl halides is 3. The normalized spacial score (nSPS) is 11.4. The molecule has 2 rings (SSSR count). The second kappa shape index (κ2) is 5.03. The van der Waals surface area contributed by atoms with Crippen LogP contribution in [0.25, 0.3) is 5.69 Å². The number of aryl methyl sites for hydroxylation is 2. The second-order valence-electron chi connectivity index (χ2n) is 4.35. The molecule has 106 valence electrons. The van der Waals surface area contributed by atoms with Crippen LogP contribution in [0, 0.1) is 13.8 Å². The van der Waals surface area contributed by atoms with Gasteiger partial charge >= 0.3 is 6.18 Å². The van der Waals surface area contributed by atoms with Crippen LogP contribution < -0.4 is 4.74 Å². The van der Waals surface area contributed by atoms with E-state index in [0.29, 0.717) is 5.69 Å². The minimum atomic E-state index is -4.53. The molecule has 0 spiro atoms. The van der Waals surface area contributed by atoms with Crippen molar-refractivity contribution in [3.63, 3.8) is 0 Å². The lowest BCUT2D eigenvalue weighted by atomic mass is 10.1. The summed E-state index contributed by atoms with van der Waals surface area (Å²) in [5, 5.41) is 3.79. The number of benzene rings is 1. The summed E-state index contributed by atoms with van der Waals surface area (Å²) in [4.78, 5) is 0. The molecule has 0 bridgehead atoms. The zero-order valence-corrected chi connectivity index (χ0v) is 11.0. The summed E-state index contributed by atoms with van der Waals surface area (Å²) < 4.78 is 44.7. The largest absolute Gasteiger partial charge is 0.447 e. The van der Waals surface area contributed by atoms with Gasteiger partial charge in [-0.15, -0.1) is 0 Å². The molecule has 0 unspecified atom stereocenters. The van der Waals surface area contributed by atoms with Gasteiger partial charge in [0, 0.05) is 0 Å². The molecule has 0 aliphatic carbocycles. The molecule has 3 nitrogen and oxygen atoms in total. The lowest BCUT2D eigenvalue weighted by Crippen LogP contribution is -2.08. The molecule has 0 N–H and O–H groups in total. The third kappa shape index (κ3) is 2.54. The molecule has 6 heteroatoms. The van der Waals surface area contributed by atoms with Crippen molar-refractivity contribution in [2.75, 3.05) is 0 Å². The predicted octanol–water partition coefficient (Wildman–Crippen LogP) is 4.03. The third-order valence-electron chi connectivity index (χ3n) is 2.81. The fraction of sp³-hybridized carbons (Fsp3) is 0.214. The number of nitrogens with zero attached hydrogens (tertiary/aromatic N) is 2. The number of halogens is 3. The van der Waals surface area contributed by atoms with Crippen molar-refractivity contribution in [3.8, 4) is 11.6 Å². The molecule has 0 saturated heterocycles.